The van der Waals surface area contributed by atoms with Crippen LogP contribution in [-0.2, 0) is 0 Å². The Balaban J connectivity index is 1.93. The van der Waals surface area contributed by atoms with Gasteiger partial charge in [0.2, 0.25) is 0 Å². The van der Waals surface area contributed by atoms with Gasteiger partial charge in [-0.3, -0.25) is 5.01 Å². The Morgan fingerprint density at radius 2 is 1.92 bits per heavy atom. The molecule has 0 radical (unpaired) electrons. The highest BCUT2D eigenvalue weighted by atomic mass is 15.5. The zero-order chi connectivity index (χ0) is 9.10. The van der Waals surface area contributed by atoms with Crippen molar-refractivity contribution in [2.75, 3.05) is 13.1 Å². The Bertz CT molecular complexity index is 192. The third-order valence-electron chi connectivity index (χ3n) is 3.24. The van der Waals surface area contributed by atoms with Crippen LogP contribution in [0.25, 0.3) is 0 Å². The van der Waals surface area contributed by atoms with Crippen LogP contribution < -0.4 is 0 Å². The topological polar surface area (TPSA) is 15.6 Å². The van der Waals surface area contributed by atoms with Crippen molar-refractivity contribution in [2.24, 2.45) is 11.0 Å². The summed E-state index contributed by atoms with van der Waals surface area (Å²) in [6, 6.07) is 0. The standard InChI is InChI=1S/C11H20N2/c1-10-6-5-7-11(10)12-13-8-3-2-4-9-13/h10H,2-9H2,1H3/b12-11-. The number of hydrazone groups is 1. The molecule has 1 unspecified atom stereocenters. The van der Waals surface area contributed by atoms with Crippen LogP contribution in [-0.4, -0.2) is 23.8 Å². The van der Waals surface area contributed by atoms with Gasteiger partial charge in [0, 0.05) is 18.8 Å². The smallest absolute Gasteiger partial charge is 0.0408 e. The van der Waals surface area contributed by atoms with Crippen LogP contribution in [0.5, 0.6) is 0 Å². The van der Waals surface area contributed by atoms with Crippen LogP contribution in [0.4, 0.5) is 0 Å². The molecule has 74 valence electrons. The van der Waals surface area contributed by atoms with E-state index in [4.69, 9.17) is 5.10 Å². The molecule has 0 N–H and O–H groups in total. The molecule has 1 saturated heterocycles. The second kappa shape index (κ2) is 4.12. The van der Waals surface area contributed by atoms with E-state index in [0.717, 1.165) is 5.92 Å². The molecule has 0 spiro atoms. The monoisotopic (exact) mass is 180 g/mol. The Morgan fingerprint density at radius 1 is 1.15 bits per heavy atom. The summed E-state index contributed by atoms with van der Waals surface area (Å²) in [4.78, 5) is 0. The summed E-state index contributed by atoms with van der Waals surface area (Å²) in [5.41, 5.74) is 1.46. The molecule has 1 aliphatic heterocycles. The molecule has 0 bridgehead atoms. The number of piperidine rings is 1. The first kappa shape index (κ1) is 9.04. The van der Waals surface area contributed by atoms with Gasteiger partial charge in [-0.05, 0) is 44.4 Å². The van der Waals surface area contributed by atoms with Crippen LogP contribution in [0.1, 0.15) is 45.4 Å². The third kappa shape index (κ3) is 2.23. The Labute approximate surface area is 81.0 Å². The highest BCUT2D eigenvalue weighted by Crippen LogP contribution is 2.23. The molecular formula is C11H20N2. The van der Waals surface area contributed by atoms with Crippen molar-refractivity contribution in [3.8, 4) is 0 Å². The average Bonchev–Trinajstić information content (AvgIpc) is 2.54. The quantitative estimate of drug-likeness (QED) is 0.605. The molecule has 2 fully saturated rings. The largest absolute Gasteiger partial charge is 0.297 e. The van der Waals surface area contributed by atoms with Crippen LogP contribution >= 0.6 is 0 Å². The number of nitrogens with zero attached hydrogens (tertiary/aromatic N) is 2. The van der Waals surface area contributed by atoms with Gasteiger partial charge < -0.3 is 0 Å². The average molecular weight is 180 g/mol. The summed E-state index contributed by atoms with van der Waals surface area (Å²) in [6.45, 7) is 4.70. The van der Waals surface area contributed by atoms with Gasteiger partial charge in [0.15, 0.2) is 0 Å². The highest BCUT2D eigenvalue weighted by molar-refractivity contribution is 5.87. The van der Waals surface area contributed by atoms with Crippen LogP contribution in [0.3, 0.4) is 0 Å². The lowest BCUT2D eigenvalue weighted by molar-refractivity contribution is 0.238. The molecule has 0 aromatic rings. The fraction of sp³-hybridized carbons (Fsp3) is 0.909. The van der Waals surface area contributed by atoms with Crippen molar-refractivity contribution in [1.82, 2.24) is 5.01 Å². The van der Waals surface area contributed by atoms with E-state index in [1.807, 2.05) is 0 Å². The van der Waals surface area contributed by atoms with Crippen molar-refractivity contribution >= 4 is 5.71 Å². The summed E-state index contributed by atoms with van der Waals surface area (Å²) >= 11 is 0. The minimum atomic E-state index is 0.752. The fourth-order valence-corrected chi connectivity index (χ4v) is 2.31. The maximum atomic E-state index is 4.77. The number of hydrogen-bond acceptors (Lipinski definition) is 2. The summed E-state index contributed by atoms with van der Waals surface area (Å²) in [5.74, 6) is 0.752. The fourth-order valence-electron chi connectivity index (χ4n) is 2.31. The van der Waals surface area contributed by atoms with Crippen molar-refractivity contribution < 1.29 is 0 Å². The van der Waals surface area contributed by atoms with Gasteiger partial charge in [0.1, 0.15) is 0 Å². The first-order valence-corrected chi connectivity index (χ1v) is 5.68. The Kier molecular flexibility index (Phi) is 2.87. The lowest BCUT2D eigenvalue weighted by atomic mass is 10.1. The molecule has 2 heteroatoms. The van der Waals surface area contributed by atoms with Gasteiger partial charge in [0.05, 0.1) is 0 Å². The zero-order valence-electron chi connectivity index (χ0n) is 8.63. The number of hydrogen-bond donors (Lipinski definition) is 0. The normalized spacial score (nSPS) is 32.8. The molecule has 2 rings (SSSR count). The molecule has 1 saturated carbocycles. The van der Waals surface area contributed by atoms with Crippen LogP contribution in [0.2, 0.25) is 0 Å². The summed E-state index contributed by atoms with van der Waals surface area (Å²) in [5, 5.41) is 7.06. The van der Waals surface area contributed by atoms with E-state index < -0.39 is 0 Å². The van der Waals surface area contributed by atoms with Crippen LogP contribution in [0.15, 0.2) is 5.10 Å². The van der Waals surface area contributed by atoms with Crippen molar-refractivity contribution in [3.05, 3.63) is 0 Å². The van der Waals surface area contributed by atoms with E-state index in [-0.39, 0.29) is 0 Å². The predicted octanol–water partition coefficient (Wildman–Crippen LogP) is 2.65. The first-order valence-electron chi connectivity index (χ1n) is 5.68. The molecule has 1 atom stereocenters. The molecular weight excluding hydrogens is 160 g/mol. The molecule has 2 nitrogen and oxygen atoms in total. The van der Waals surface area contributed by atoms with Crippen LogP contribution in [0, 0.1) is 5.92 Å². The van der Waals surface area contributed by atoms with Gasteiger partial charge >= 0.3 is 0 Å². The Hall–Kier alpha value is -0.530. The molecule has 0 aromatic carbocycles. The molecule has 1 aliphatic carbocycles. The van der Waals surface area contributed by atoms with Crippen molar-refractivity contribution in [2.45, 2.75) is 45.4 Å². The highest BCUT2D eigenvalue weighted by Gasteiger charge is 2.19. The lowest BCUT2D eigenvalue weighted by Crippen LogP contribution is -2.26. The first-order chi connectivity index (χ1) is 6.36. The molecule has 13 heavy (non-hydrogen) atoms. The Morgan fingerprint density at radius 3 is 2.54 bits per heavy atom. The van der Waals surface area contributed by atoms with Gasteiger partial charge in [0.25, 0.3) is 0 Å². The second-order valence-corrected chi connectivity index (χ2v) is 4.40. The third-order valence-corrected chi connectivity index (χ3v) is 3.24. The summed E-state index contributed by atoms with van der Waals surface area (Å²) in [6.07, 6.45) is 8.03. The molecule has 1 heterocycles. The van der Waals surface area contributed by atoms with E-state index >= 15 is 0 Å². The minimum absolute atomic E-state index is 0.752. The van der Waals surface area contributed by atoms with Gasteiger partial charge in [-0.15, -0.1) is 0 Å². The maximum absolute atomic E-state index is 4.77. The SMILES string of the molecule is CC1CCC/C1=N/N1CCCCC1. The molecule has 0 amide bonds. The summed E-state index contributed by atoms with van der Waals surface area (Å²) in [7, 11) is 0. The van der Waals surface area contributed by atoms with E-state index in [9.17, 15) is 0 Å². The van der Waals surface area contributed by atoms with Gasteiger partial charge in [-0.25, -0.2) is 0 Å². The summed E-state index contributed by atoms with van der Waals surface area (Å²) < 4.78 is 0. The minimum Gasteiger partial charge on any atom is -0.297 e. The zero-order valence-corrected chi connectivity index (χ0v) is 8.63. The number of rotatable bonds is 1. The maximum Gasteiger partial charge on any atom is 0.0408 e. The van der Waals surface area contributed by atoms with Gasteiger partial charge in [-0.1, -0.05) is 6.92 Å². The van der Waals surface area contributed by atoms with Crippen molar-refractivity contribution in [1.29, 1.82) is 0 Å². The van der Waals surface area contributed by atoms with Crippen molar-refractivity contribution in [3.63, 3.8) is 0 Å². The predicted molar refractivity (Wildman–Crippen MR) is 55.9 cm³/mol. The van der Waals surface area contributed by atoms with E-state index in [2.05, 4.69) is 11.9 Å². The van der Waals surface area contributed by atoms with E-state index in [1.165, 1.54) is 57.3 Å². The molecule has 0 aromatic heterocycles. The lowest BCUT2D eigenvalue weighted by Gasteiger charge is -2.24. The van der Waals surface area contributed by atoms with E-state index in [1.54, 1.807) is 0 Å². The molecule has 2 aliphatic rings. The van der Waals surface area contributed by atoms with E-state index in [0.29, 0.717) is 0 Å². The second-order valence-electron chi connectivity index (χ2n) is 4.40. The van der Waals surface area contributed by atoms with Gasteiger partial charge in [-0.2, -0.15) is 5.10 Å².